The first-order valence-electron chi connectivity index (χ1n) is 4.89. The van der Waals surface area contributed by atoms with Gasteiger partial charge in [-0.15, -0.1) is 10.2 Å². The highest BCUT2D eigenvalue weighted by molar-refractivity contribution is 7.16. The SMILES string of the molecule is Cc1nn2c(-c3cc(N)ccc3Cl)nnc2s1. The van der Waals surface area contributed by atoms with Gasteiger partial charge in [0, 0.05) is 11.3 Å². The Kier molecular flexibility index (Phi) is 2.27. The Bertz CT molecular complexity index is 702. The zero-order chi connectivity index (χ0) is 12.0. The van der Waals surface area contributed by atoms with Gasteiger partial charge in [-0.05, 0) is 25.1 Å². The van der Waals surface area contributed by atoms with E-state index in [1.807, 2.05) is 6.92 Å². The molecule has 0 unspecified atom stereocenters. The molecule has 3 aromatic rings. The number of nitrogens with zero attached hydrogens (tertiary/aromatic N) is 4. The lowest BCUT2D eigenvalue weighted by Gasteiger charge is -2.01. The zero-order valence-electron chi connectivity index (χ0n) is 8.88. The molecule has 0 amide bonds. The summed E-state index contributed by atoms with van der Waals surface area (Å²) in [7, 11) is 0. The summed E-state index contributed by atoms with van der Waals surface area (Å²) in [5.74, 6) is 0.613. The molecule has 0 bridgehead atoms. The van der Waals surface area contributed by atoms with Crippen LogP contribution in [0.3, 0.4) is 0 Å². The first-order valence-corrected chi connectivity index (χ1v) is 6.09. The second-order valence-electron chi connectivity index (χ2n) is 3.58. The summed E-state index contributed by atoms with van der Waals surface area (Å²) < 4.78 is 1.68. The number of nitrogens with two attached hydrogens (primary N) is 1. The van der Waals surface area contributed by atoms with Crippen molar-refractivity contribution in [3.63, 3.8) is 0 Å². The van der Waals surface area contributed by atoms with Crippen molar-refractivity contribution in [2.24, 2.45) is 0 Å². The van der Waals surface area contributed by atoms with E-state index < -0.39 is 0 Å². The minimum absolute atomic E-state index is 0.583. The molecule has 0 aliphatic carbocycles. The number of hydrogen-bond acceptors (Lipinski definition) is 5. The first-order chi connectivity index (χ1) is 8.15. The summed E-state index contributed by atoms with van der Waals surface area (Å²) in [6.07, 6.45) is 0. The van der Waals surface area contributed by atoms with E-state index in [1.54, 1.807) is 22.7 Å². The van der Waals surface area contributed by atoms with Crippen LogP contribution in [-0.4, -0.2) is 19.8 Å². The van der Waals surface area contributed by atoms with Gasteiger partial charge in [0.25, 0.3) is 0 Å². The van der Waals surface area contributed by atoms with Crippen LogP contribution < -0.4 is 5.73 Å². The summed E-state index contributed by atoms with van der Waals surface area (Å²) >= 11 is 7.62. The molecule has 0 aliphatic heterocycles. The number of nitrogen functional groups attached to an aromatic ring is 1. The number of aryl methyl sites for hydroxylation is 1. The maximum Gasteiger partial charge on any atom is 0.234 e. The second-order valence-corrected chi connectivity index (χ2v) is 5.15. The van der Waals surface area contributed by atoms with Crippen molar-refractivity contribution in [1.29, 1.82) is 0 Å². The largest absolute Gasteiger partial charge is 0.399 e. The van der Waals surface area contributed by atoms with Crippen LogP contribution in [0.15, 0.2) is 18.2 Å². The van der Waals surface area contributed by atoms with Gasteiger partial charge < -0.3 is 5.73 Å². The number of fused-ring (bicyclic) bond motifs is 1. The minimum atomic E-state index is 0.583. The number of benzene rings is 1. The lowest BCUT2D eigenvalue weighted by atomic mass is 10.2. The van der Waals surface area contributed by atoms with E-state index in [4.69, 9.17) is 17.3 Å². The van der Waals surface area contributed by atoms with E-state index in [-0.39, 0.29) is 0 Å². The predicted octanol–water partition coefficient (Wildman–Crippen LogP) is 2.40. The van der Waals surface area contributed by atoms with E-state index in [0.29, 0.717) is 16.5 Å². The normalized spacial score (nSPS) is 11.2. The first kappa shape index (κ1) is 10.5. The van der Waals surface area contributed by atoms with Crippen molar-refractivity contribution >= 4 is 33.6 Å². The van der Waals surface area contributed by atoms with Gasteiger partial charge in [-0.1, -0.05) is 22.9 Å². The van der Waals surface area contributed by atoms with E-state index in [1.165, 1.54) is 11.3 Å². The van der Waals surface area contributed by atoms with Crippen molar-refractivity contribution in [3.05, 3.63) is 28.2 Å². The molecule has 1 aromatic carbocycles. The highest BCUT2D eigenvalue weighted by atomic mass is 35.5. The molecule has 2 N–H and O–H groups in total. The number of hydrogen-bond donors (Lipinski definition) is 1. The third kappa shape index (κ3) is 1.65. The molecule has 5 nitrogen and oxygen atoms in total. The van der Waals surface area contributed by atoms with Gasteiger partial charge in [0.05, 0.1) is 5.02 Å². The molecule has 0 aliphatic rings. The fourth-order valence-corrected chi connectivity index (χ4v) is 2.48. The lowest BCUT2D eigenvalue weighted by molar-refractivity contribution is 0.941. The number of halogens is 1. The molecule has 0 fully saturated rings. The molecule has 3 rings (SSSR count). The zero-order valence-corrected chi connectivity index (χ0v) is 10.5. The molecule has 2 heterocycles. The molecular weight excluding hydrogens is 258 g/mol. The fourth-order valence-electron chi connectivity index (χ4n) is 1.59. The number of aromatic nitrogens is 4. The van der Waals surface area contributed by atoms with Gasteiger partial charge in [-0.3, -0.25) is 0 Å². The highest BCUT2D eigenvalue weighted by Gasteiger charge is 2.14. The monoisotopic (exact) mass is 265 g/mol. The average molecular weight is 266 g/mol. The van der Waals surface area contributed by atoms with Gasteiger partial charge >= 0.3 is 0 Å². The molecule has 2 aromatic heterocycles. The molecule has 7 heteroatoms. The van der Waals surface area contributed by atoms with Crippen molar-refractivity contribution < 1.29 is 0 Å². The molecule has 0 radical (unpaired) electrons. The summed E-state index contributed by atoms with van der Waals surface area (Å²) in [5.41, 5.74) is 7.12. The van der Waals surface area contributed by atoms with Crippen LogP contribution in [0, 0.1) is 6.92 Å². The molecule has 0 atom stereocenters. The maximum absolute atomic E-state index is 6.13. The molecule has 0 spiro atoms. The van der Waals surface area contributed by atoms with Crippen molar-refractivity contribution in [2.75, 3.05) is 5.73 Å². The molecule has 0 saturated carbocycles. The van der Waals surface area contributed by atoms with Gasteiger partial charge in [0.1, 0.15) is 5.01 Å². The van der Waals surface area contributed by atoms with Crippen molar-refractivity contribution in [1.82, 2.24) is 19.8 Å². The van der Waals surface area contributed by atoms with E-state index in [0.717, 1.165) is 15.5 Å². The summed E-state index contributed by atoms with van der Waals surface area (Å²) in [5, 5.41) is 14.0. The van der Waals surface area contributed by atoms with Crippen LogP contribution in [0.1, 0.15) is 5.01 Å². The smallest absolute Gasteiger partial charge is 0.234 e. The van der Waals surface area contributed by atoms with E-state index in [9.17, 15) is 0 Å². The Labute approximate surface area is 106 Å². The predicted molar refractivity (Wildman–Crippen MR) is 68.3 cm³/mol. The van der Waals surface area contributed by atoms with Crippen LogP contribution >= 0.6 is 22.9 Å². The number of rotatable bonds is 1. The van der Waals surface area contributed by atoms with Crippen molar-refractivity contribution in [3.8, 4) is 11.4 Å². The van der Waals surface area contributed by atoms with Crippen LogP contribution in [0.5, 0.6) is 0 Å². The Balaban J connectivity index is 2.29. The minimum Gasteiger partial charge on any atom is -0.399 e. The fraction of sp³-hybridized carbons (Fsp3) is 0.100. The molecule has 0 saturated heterocycles. The summed E-state index contributed by atoms with van der Waals surface area (Å²) in [4.78, 5) is 0.746. The van der Waals surface area contributed by atoms with Crippen LogP contribution in [0.2, 0.25) is 5.02 Å². The van der Waals surface area contributed by atoms with Crippen LogP contribution in [-0.2, 0) is 0 Å². The quantitative estimate of drug-likeness (QED) is 0.686. The van der Waals surface area contributed by atoms with Gasteiger partial charge in [0.15, 0.2) is 5.82 Å². The molecule has 17 heavy (non-hydrogen) atoms. The molecule has 86 valence electrons. The highest BCUT2D eigenvalue weighted by Crippen LogP contribution is 2.29. The van der Waals surface area contributed by atoms with Crippen LogP contribution in [0.25, 0.3) is 16.3 Å². The maximum atomic E-state index is 6.13. The van der Waals surface area contributed by atoms with E-state index >= 15 is 0 Å². The standard InChI is InChI=1S/C10H8ClN5S/c1-5-15-16-9(13-14-10(16)17-5)7-4-6(12)2-3-8(7)11/h2-4H,12H2,1H3. The lowest BCUT2D eigenvalue weighted by Crippen LogP contribution is -1.93. The van der Waals surface area contributed by atoms with E-state index in [2.05, 4.69) is 15.3 Å². The Morgan fingerprint density at radius 1 is 1.35 bits per heavy atom. The van der Waals surface area contributed by atoms with Gasteiger partial charge in [-0.25, -0.2) is 0 Å². The second kappa shape index (κ2) is 3.68. The Hall–Kier alpha value is -1.66. The Morgan fingerprint density at radius 3 is 3.00 bits per heavy atom. The average Bonchev–Trinajstić information content (AvgIpc) is 2.80. The van der Waals surface area contributed by atoms with Crippen molar-refractivity contribution in [2.45, 2.75) is 6.92 Å². The summed E-state index contributed by atoms with van der Waals surface area (Å²) in [6, 6.07) is 5.26. The van der Waals surface area contributed by atoms with Crippen LogP contribution in [0.4, 0.5) is 5.69 Å². The molecular formula is C10H8ClN5S. The Morgan fingerprint density at radius 2 is 2.18 bits per heavy atom. The topological polar surface area (TPSA) is 69.1 Å². The number of anilines is 1. The third-order valence-corrected chi connectivity index (χ3v) is 3.47. The summed E-state index contributed by atoms with van der Waals surface area (Å²) in [6.45, 7) is 1.92. The van der Waals surface area contributed by atoms with Gasteiger partial charge in [-0.2, -0.15) is 9.61 Å². The van der Waals surface area contributed by atoms with Gasteiger partial charge in [0.2, 0.25) is 4.96 Å². The third-order valence-electron chi connectivity index (χ3n) is 2.32.